The van der Waals surface area contributed by atoms with E-state index in [1.807, 2.05) is 0 Å². The Balaban J connectivity index is 3.29. The van der Waals surface area contributed by atoms with Crippen molar-refractivity contribution in [1.29, 1.82) is 0 Å². The molecule has 0 aliphatic heterocycles. The van der Waals surface area contributed by atoms with Crippen LogP contribution in [0.5, 0.6) is 0 Å². The van der Waals surface area contributed by atoms with E-state index in [4.69, 9.17) is 4.74 Å². The fraction of sp³-hybridized carbons (Fsp3) is 1.00. The van der Waals surface area contributed by atoms with Crippen LogP contribution in [-0.2, 0) is 4.74 Å². The molecule has 0 bridgehead atoms. The number of rotatable bonds is 8. The zero-order valence-corrected chi connectivity index (χ0v) is 11.2. The van der Waals surface area contributed by atoms with Gasteiger partial charge in [-0.25, -0.2) is 0 Å². The summed E-state index contributed by atoms with van der Waals surface area (Å²) in [5.41, 5.74) is 0.260. The molecule has 92 valence electrons. The third-order valence-electron chi connectivity index (χ3n) is 2.59. The third kappa shape index (κ3) is 11.8. The quantitative estimate of drug-likeness (QED) is 0.628. The van der Waals surface area contributed by atoms with Crippen LogP contribution in [0, 0.1) is 5.92 Å². The zero-order chi connectivity index (χ0) is 11.7. The lowest BCUT2D eigenvalue weighted by atomic mass is 10.00. The second kappa shape index (κ2) is 8.12. The number of hydrogen-bond donors (Lipinski definition) is 1. The first-order valence-corrected chi connectivity index (χ1v) is 6.19. The van der Waals surface area contributed by atoms with Gasteiger partial charge in [-0.15, -0.1) is 0 Å². The predicted octanol–water partition coefficient (Wildman–Crippen LogP) is 3.22. The number of methoxy groups -OCH3 is 1. The van der Waals surface area contributed by atoms with Crippen molar-refractivity contribution in [2.75, 3.05) is 20.3 Å². The largest absolute Gasteiger partial charge is 0.385 e. The van der Waals surface area contributed by atoms with Crippen LogP contribution in [-0.4, -0.2) is 25.8 Å². The second-order valence-electron chi connectivity index (χ2n) is 5.56. The smallest absolute Gasteiger partial charge is 0.0462 e. The molecule has 1 atom stereocenters. The first-order valence-electron chi connectivity index (χ1n) is 6.19. The van der Waals surface area contributed by atoms with Gasteiger partial charge in [0.15, 0.2) is 0 Å². The molecule has 0 rings (SSSR count). The first kappa shape index (κ1) is 14.9. The van der Waals surface area contributed by atoms with Gasteiger partial charge in [0, 0.05) is 19.3 Å². The molecule has 2 heteroatoms. The van der Waals surface area contributed by atoms with Crippen molar-refractivity contribution in [2.24, 2.45) is 5.92 Å². The SMILES string of the molecule is COCCCCC(C)CCNC(C)(C)C. The Labute approximate surface area is 95.8 Å². The Bertz CT molecular complexity index is 140. The van der Waals surface area contributed by atoms with Gasteiger partial charge < -0.3 is 10.1 Å². The molecule has 0 fully saturated rings. The molecular weight excluding hydrogens is 186 g/mol. The summed E-state index contributed by atoms with van der Waals surface area (Å²) in [5.74, 6) is 0.830. The topological polar surface area (TPSA) is 21.3 Å². The summed E-state index contributed by atoms with van der Waals surface area (Å²) in [4.78, 5) is 0. The fourth-order valence-electron chi connectivity index (χ4n) is 1.58. The van der Waals surface area contributed by atoms with Gasteiger partial charge in [0.1, 0.15) is 0 Å². The van der Waals surface area contributed by atoms with Crippen LogP contribution in [0.4, 0.5) is 0 Å². The van der Waals surface area contributed by atoms with E-state index < -0.39 is 0 Å². The van der Waals surface area contributed by atoms with Crippen LogP contribution in [0.3, 0.4) is 0 Å². The van der Waals surface area contributed by atoms with Gasteiger partial charge in [-0.2, -0.15) is 0 Å². The molecule has 0 saturated carbocycles. The molecule has 0 saturated heterocycles. The van der Waals surface area contributed by atoms with Crippen molar-refractivity contribution in [3.05, 3.63) is 0 Å². The molecule has 0 aromatic rings. The van der Waals surface area contributed by atoms with Crippen molar-refractivity contribution in [3.63, 3.8) is 0 Å². The molecule has 0 aromatic carbocycles. The maximum atomic E-state index is 5.04. The van der Waals surface area contributed by atoms with E-state index in [9.17, 15) is 0 Å². The molecule has 2 nitrogen and oxygen atoms in total. The lowest BCUT2D eigenvalue weighted by molar-refractivity contribution is 0.190. The van der Waals surface area contributed by atoms with Crippen LogP contribution < -0.4 is 5.32 Å². The van der Waals surface area contributed by atoms with Gasteiger partial charge in [0.25, 0.3) is 0 Å². The summed E-state index contributed by atoms with van der Waals surface area (Å²) in [6.45, 7) is 11.0. The van der Waals surface area contributed by atoms with Crippen molar-refractivity contribution >= 4 is 0 Å². The molecular formula is C13H29NO. The summed E-state index contributed by atoms with van der Waals surface area (Å²) in [6, 6.07) is 0. The van der Waals surface area contributed by atoms with Crippen LogP contribution >= 0.6 is 0 Å². The number of unbranched alkanes of at least 4 members (excludes halogenated alkanes) is 1. The molecule has 0 aliphatic rings. The van der Waals surface area contributed by atoms with E-state index in [2.05, 4.69) is 33.0 Å². The lowest BCUT2D eigenvalue weighted by Crippen LogP contribution is -2.36. The molecule has 0 aromatic heterocycles. The normalized spacial score (nSPS) is 14.2. The zero-order valence-electron chi connectivity index (χ0n) is 11.2. The minimum Gasteiger partial charge on any atom is -0.385 e. The Hall–Kier alpha value is -0.0800. The second-order valence-corrected chi connectivity index (χ2v) is 5.56. The number of nitrogens with one attached hydrogen (secondary N) is 1. The maximum absolute atomic E-state index is 5.04. The van der Waals surface area contributed by atoms with E-state index in [1.54, 1.807) is 7.11 Å². The molecule has 0 radical (unpaired) electrons. The van der Waals surface area contributed by atoms with Gasteiger partial charge in [0.2, 0.25) is 0 Å². The van der Waals surface area contributed by atoms with Gasteiger partial charge >= 0.3 is 0 Å². The number of ether oxygens (including phenoxy) is 1. The minimum absolute atomic E-state index is 0.260. The molecule has 0 spiro atoms. The van der Waals surface area contributed by atoms with Crippen LogP contribution in [0.25, 0.3) is 0 Å². The third-order valence-corrected chi connectivity index (χ3v) is 2.59. The summed E-state index contributed by atoms with van der Waals surface area (Å²) in [6.07, 6.45) is 5.11. The highest BCUT2D eigenvalue weighted by Crippen LogP contribution is 2.12. The Morgan fingerprint density at radius 3 is 2.33 bits per heavy atom. The Morgan fingerprint density at radius 2 is 1.80 bits per heavy atom. The van der Waals surface area contributed by atoms with Gasteiger partial charge in [-0.1, -0.05) is 19.8 Å². The Kier molecular flexibility index (Phi) is 8.07. The summed E-state index contributed by atoms with van der Waals surface area (Å²) < 4.78 is 5.04. The molecule has 0 amide bonds. The lowest BCUT2D eigenvalue weighted by Gasteiger charge is -2.21. The molecule has 1 unspecified atom stereocenters. The highest BCUT2D eigenvalue weighted by Gasteiger charge is 2.09. The molecule has 0 aliphatic carbocycles. The highest BCUT2D eigenvalue weighted by atomic mass is 16.5. The average Bonchev–Trinajstić information content (AvgIpc) is 2.10. The molecule has 0 heterocycles. The van der Waals surface area contributed by atoms with E-state index in [1.165, 1.54) is 25.7 Å². The summed E-state index contributed by atoms with van der Waals surface area (Å²) in [7, 11) is 1.77. The average molecular weight is 215 g/mol. The number of hydrogen-bond acceptors (Lipinski definition) is 2. The van der Waals surface area contributed by atoms with E-state index in [-0.39, 0.29) is 5.54 Å². The van der Waals surface area contributed by atoms with Crippen molar-refractivity contribution in [2.45, 2.75) is 58.9 Å². The van der Waals surface area contributed by atoms with Crippen molar-refractivity contribution < 1.29 is 4.74 Å². The van der Waals surface area contributed by atoms with Gasteiger partial charge in [-0.05, 0) is 46.1 Å². The summed E-state index contributed by atoms with van der Waals surface area (Å²) in [5, 5.41) is 3.53. The van der Waals surface area contributed by atoms with Crippen LogP contribution in [0.15, 0.2) is 0 Å². The Morgan fingerprint density at radius 1 is 1.13 bits per heavy atom. The standard InChI is InChI=1S/C13H29NO/c1-12(8-6-7-11-15-5)9-10-14-13(2,3)4/h12,14H,6-11H2,1-5H3. The van der Waals surface area contributed by atoms with Crippen molar-refractivity contribution in [3.8, 4) is 0 Å². The van der Waals surface area contributed by atoms with Crippen LogP contribution in [0.2, 0.25) is 0 Å². The van der Waals surface area contributed by atoms with Gasteiger partial charge in [0.05, 0.1) is 0 Å². The fourth-order valence-corrected chi connectivity index (χ4v) is 1.58. The van der Waals surface area contributed by atoms with Gasteiger partial charge in [-0.3, -0.25) is 0 Å². The highest BCUT2D eigenvalue weighted by molar-refractivity contribution is 4.70. The molecule has 15 heavy (non-hydrogen) atoms. The van der Waals surface area contributed by atoms with E-state index in [0.717, 1.165) is 19.1 Å². The monoisotopic (exact) mass is 215 g/mol. The van der Waals surface area contributed by atoms with Crippen LogP contribution in [0.1, 0.15) is 53.4 Å². The minimum atomic E-state index is 0.260. The summed E-state index contributed by atoms with van der Waals surface area (Å²) >= 11 is 0. The first-order chi connectivity index (χ1) is 6.95. The van der Waals surface area contributed by atoms with E-state index in [0.29, 0.717) is 0 Å². The van der Waals surface area contributed by atoms with E-state index >= 15 is 0 Å². The maximum Gasteiger partial charge on any atom is 0.0462 e. The van der Waals surface area contributed by atoms with Crippen molar-refractivity contribution in [1.82, 2.24) is 5.32 Å². The molecule has 1 N–H and O–H groups in total. The predicted molar refractivity (Wildman–Crippen MR) is 67.3 cm³/mol.